The Morgan fingerprint density at radius 3 is 2.86 bits per heavy atom. The molecule has 0 aliphatic carbocycles. The molecule has 2 N–H and O–H groups in total. The monoisotopic (exact) mass is 330 g/mol. The Balaban J connectivity index is 2.69. The Morgan fingerprint density at radius 2 is 2.24 bits per heavy atom. The summed E-state index contributed by atoms with van der Waals surface area (Å²) in [6.07, 6.45) is 0. The number of carbonyl (C=O) groups excluding carboxylic acids is 1. The zero-order valence-electron chi connectivity index (χ0n) is 12.0. The summed E-state index contributed by atoms with van der Waals surface area (Å²) in [6, 6.07) is 1.81. The van der Waals surface area contributed by atoms with Gasteiger partial charge in [-0.2, -0.15) is 0 Å². The standard InChI is InChI=1S/C13H18N2O4S2/c1-3-19-13(16)10-21(17,18)15(2)8-11-7-12(20-9-11)5-4-6-14/h7,9H,3,6,8,10,14H2,1-2H3. The Bertz CT molecular complexity index is 641. The second-order valence-corrected chi connectivity index (χ2v) is 7.13. The van der Waals surface area contributed by atoms with Crippen LogP contribution in [0.2, 0.25) is 0 Å². The molecule has 1 rings (SSSR count). The molecular formula is C13H18N2O4S2. The Labute approximate surface area is 128 Å². The van der Waals surface area contributed by atoms with Gasteiger partial charge in [-0.05, 0) is 23.9 Å². The molecule has 1 aromatic heterocycles. The quantitative estimate of drug-likeness (QED) is 0.602. The second-order valence-electron chi connectivity index (χ2n) is 4.14. The van der Waals surface area contributed by atoms with Crippen LogP contribution in [0.25, 0.3) is 0 Å². The lowest BCUT2D eigenvalue weighted by Crippen LogP contribution is -2.32. The van der Waals surface area contributed by atoms with Crippen LogP contribution in [-0.2, 0) is 26.1 Å². The van der Waals surface area contributed by atoms with E-state index in [2.05, 4.69) is 16.6 Å². The topological polar surface area (TPSA) is 89.7 Å². The third-order valence-corrected chi connectivity index (χ3v) is 5.03. The largest absolute Gasteiger partial charge is 0.465 e. The molecule has 0 bridgehead atoms. The van der Waals surface area contributed by atoms with Crippen LogP contribution in [0.5, 0.6) is 0 Å². The number of esters is 1. The smallest absolute Gasteiger partial charge is 0.322 e. The highest BCUT2D eigenvalue weighted by molar-refractivity contribution is 7.89. The van der Waals surface area contributed by atoms with E-state index in [4.69, 9.17) is 5.73 Å². The number of ether oxygens (including phenoxy) is 1. The fourth-order valence-electron chi connectivity index (χ4n) is 1.48. The molecule has 0 unspecified atom stereocenters. The van der Waals surface area contributed by atoms with Crippen LogP contribution < -0.4 is 5.73 Å². The number of carbonyl (C=O) groups is 1. The van der Waals surface area contributed by atoms with Gasteiger partial charge in [-0.25, -0.2) is 12.7 Å². The van der Waals surface area contributed by atoms with Crippen LogP contribution in [0.3, 0.4) is 0 Å². The van der Waals surface area contributed by atoms with Gasteiger partial charge in [0.2, 0.25) is 10.0 Å². The van der Waals surface area contributed by atoms with E-state index in [9.17, 15) is 13.2 Å². The van der Waals surface area contributed by atoms with Gasteiger partial charge in [0.25, 0.3) is 0 Å². The predicted octanol–water partition coefficient (Wildman–Crippen LogP) is 0.383. The van der Waals surface area contributed by atoms with Gasteiger partial charge in [0.05, 0.1) is 18.0 Å². The highest BCUT2D eigenvalue weighted by Gasteiger charge is 2.23. The predicted molar refractivity (Wildman–Crippen MR) is 82.1 cm³/mol. The molecule has 0 fully saturated rings. The fraction of sp³-hybridized carbons (Fsp3) is 0.462. The van der Waals surface area contributed by atoms with Gasteiger partial charge in [-0.3, -0.25) is 4.79 Å². The summed E-state index contributed by atoms with van der Waals surface area (Å²) in [5.41, 5.74) is 6.11. The van der Waals surface area contributed by atoms with Crippen molar-refractivity contribution in [3.8, 4) is 11.8 Å². The summed E-state index contributed by atoms with van der Waals surface area (Å²) in [7, 11) is -2.25. The lowest BCUT2D eigenvalue weighted by Gasteiger charge is -2.15. The lowest BCUT2D eigenvalue weighted by atomic mass is 10.3. The molecule has 0 aliphatic rings. The Kier molecular flexibility index (Phi) is 6.84. The molecule has 0 atom stereocenters. The van der Waals surface area contributed by atoms with E-state index in [1.165, 1.54) is 18.4 Å². The average molecular weight is 330 g/mol. The molecule has 0 saturated carbocycles. The molecule has 0 radical (unpaired) electrons. The fourth-order valence-corrected chi connectivity index (χ4v) is 3.20. The lowest BCUT2D eigenvalue weighted by molar-refractivity contribution is -0.140. The molecule has 0 amide bonds. The minimum atomic E-state index is -3.68. The van der Waals surface area contributed by atoms with Gasteiger partial charge in [0, 0.05) is 13.6 Å². The molecular weight excluding hydrogens is 312 g/mol. The summed E-state index contributed by atoms with van der Waals surface area (Å²) in [5.74, 6) is 4.23. The number of sulfonamides is 1. The van der Waals surface area contributed by atoms with E-state index in [0.717, 1.165) is 14.7 Å². The molecule has 0 saturated heterocycles. The van der Waals surface area contributed by atoms with Gasteiger partial charge >= 0.3 is 5.97 Å². The number of thiophene rings is 1. The van der Waals surface area contributed by atoms with Crippen molar-refractivity contribution >= 4 is 27.3 Å². The van der Waals surface area contributed by atoms with E-state index < -0.39 is 21.7 Å². The molecule has 0 aliphatic heterocycles. The van der Waals surface area contributed by atoms with E-state index in [1.807, 2.05) is 11.4 Å². The normalized spacial score (nSPS) is 11.0. The number of hydrogen-bond donors (Lipinski definition) is 1. The Morgan fingerprint density at radius 1 is 1.52 bits per heavy atom. The van der Waals surface area contributed by atoms with Crippen LogP contribution in [0, 0.1) is 11.8 Å². The zero-order chi connectivity index (χ0) is 15.9. The van der Waals surface area contributed by atoms with Crippen molar-refractivity contribution in [1.82, 2.24) is 4.31 Å². The van der Waals surface area contributed by atoms with Crippen LogP contribution >= 0.6 is 11.3 Å². The third kappa shape index (κ3) is 5.85. The maximum Gasteiger partial charge on any atom is 0.322 e. The average Bonchev–Trinajstić information content (AvgIpc) is 2.83. The zero-order valence-corrected chi connectivity index (χ0v) is 13.6. The first-order valence-corrected chi connectivity index (χ1v) is 8.74. The first-order valence-electron chi connectivity index (χ1n) is 6.25. The molecule has 8 heteroatoms. The van der Waals surface area contributed by atoms with Crippen molar-refractivity contribution in [3.63, 3.8) is 0 Å². The van der Waals surface area contributed by atoms with Gasteiger partial charge < -0.3 is 10.5 Å². The second kappa shape index (κ2) is 8.14. The minimum Gasteiger partial charge on any atom is -0.465 e. The van der Waals surface area contributed by atoms with Crippen molar-refractivity contribution in [3.05, 3.63) is 21.9 Å². The summed E-state index contributed by atoms with van der Waals surface area (Å²) in [6.45, 7) is 2.25. The third-order valence-electron chi connectivity index (χ3n) is 2.45. The van der Waals surface area contributed by atoms with Gasteiger partial charge in [0.1, 0.15) is 0 Å². The Hall–Kier alpha value is -1.40. The van der Waals surface area contributed by atoms with Crippen LogP contribution in [0.15, 0.2) is 11.4 Å². The number of hydrogen-bond acceptors (Lipinski definition) is 6. The van der Waals surface area contributed by atoms with Gasteiger partial charge in [0.15, 0.2) is 5.75 Å². The molecule has 0 aromatic carbocycles. The van der Waals surface area contributed by atoms with E-state index in [0.29, 0.717) is 0 Å². The van der Waals surface area contributed by atoms with Crippen LogP contribution in [0.4, 0.5) is 0 Å². The molecule has 0 spiro atoms. The number of nitrogens with zero attached hydrogens (tertiary/aromatic N) is 1. The minimum absolute atomic E-state index is 0.159. The number of nitrogens with two attached hydrogens (primary N) is 1. The van der Waals surface area contributed by atoms with Crippen LogP contribution in [-0.4, -0.2) is 44.6 Å². The molecule has 1 heterocycles. The molecule has 21 heavy (non-hydrogen) atoms. The summed E-state index contributed by atoms with van der Waals surface area (Å²) >= 11 is 1.42. The summed E-state index contributed by atoms with van der Waals surface area (Å²) < 4.78 is 29.8. The van der Waals surface area contributed by atoms with E-state index in [-0.39, 0.29) is 19.7 Å². The van der Waals surface area contributed by atoms with Gasteiger partial charge in [-0.1, -0.05) is 11.8 Å². The molecule has 6 nitrogen and oxygen atoms in total. The maximum absolute atomic E-state index is 12.0. The highest BCUT2D eigenvalue weighted by atomic mass is 32.2. The first kappa shape index (κ1) is 17.7. The summed E-state index contributed by atoms with van der Waals surface area (Å²) in [5, 5.41) is 1.83. The van der Waals surface area contributed by atoms with Crippen LogP contribution in [0.1, 0.15) is 17.4 Å². The van der Waals surface area contributed by atoms with Gasteiger partial charge in [-0.15, -0.1) is 11.3 Å². The van der Waals surface area contributed by atoms with E-state index in [1.54, 1.807) is 6.92 Å². The molecule has 1 aromatic rings. The van der Waals surface area contributed by atoms with Crippen molar-refractivity contribution in [2.75, 3.05) is 26.0 Å². The molecule has 116 valence electrons. The summed E-state index contributed by atoms with van der Waals surface area (Å²) in [4.78, 5) is 12.1. The SMILES string of the molecule is CCOC(=O)CS(=O)(=O)N(C)Cc1csc(C#CCN)c1. The van der Waals surface area contributed by atoms with Crippen molar-refractivity contribution in [2.24, 2.45) is 5.73 Å². The first-order chi connectivity index (χ1) is 9.89. The van der Waals surface area contributed by atoms with Crippen molar-refractivity contribution in [1.29, 1.82) is 0 Å². The maximum atomic E-state index is 12.0. The highest BCUT2D eigenvalue weighted by Crippen LogP contribution is 2.16. The van der Waals surface area contributed by atoms with E-state index >= 15 is 0 Å². The number of rotatable bonds is 6. The van der Waals surface area contributed by atoms with Crippen molar-refractivity contribution in [2.45, 2.75) is 13.5 Å². The van der Waals surface area contributed by atoms with Crippen molar-refractivity contribution < 1.29 is 17.9 Å².